The summed E-state index contributed by atoms with van der Waals surface area (Å²) in [6.07, 6.45) is 0. The highest BCUT2D eigenvalue weighted by atomic mass is 15.1. The van der Waals surface area contributed by atoms with Gasteiger partial charge in [-0.05, 0) is 166 Å². The third-order valence-corrected chi connectivity index (χ3v) is 13.9. The zero-order chi connectivity index (χ0) is 47.1. The Kier molecular flexibility index (Phi) is 10.6. The maximum Gasteiger partial charge on any atom is 0.145 e. The van der Waals surface area contributed by atoms with Crippen LogP contribution in [0.2, 0.25) is 0 Å². The highest BCUT2D eigenvalue weighted by Crippen LogP contribution is 2.48. The predicted molar refractivity (Wildman–Crippen MR) is 300 cm³/mol. The molecule has 0 amide bonds. The molecule has 0 saturated carbocycles. The van der Waals surface area contributed by atoms with Crippen molar-refractivity contribution in [2.45, 2.75) is 0 Å². The fourth-order valence-electron chi connectivity index (χ4n) is 10.6. The van der Waals surface area contributed by atoms with Gasteiger partial charge in [0.15, 0.2) is 0 Å². The van der Waals surface area contributed by atoms with Crippen molar-refractivity contribution in [1.82, 2.24) is 9.55 Å². The second-order valence-corrected chi connectivity index (χ2v) is 18.3. The van der Waals surface area contributed by atoms with Crippen LogP contribution < -0.4 is 0 Å². The topological polar surface area (TPSA) is 17.8 Å². The summed E-state index contributed by atoms with van der Waals surface area (Å²) in [5, 5.41) is 4.82. The summed E-state index contributed by atoms with van der Waals surface area (Å²) >= 11 is 0. The number of hydrogen-bond acceptors (Lipinski definition) is 1. The summed E-state index contributed by atoms with van der Waals surface area (Å²) in [5.41, 5.74) is 20.7. The summed E-state index contributed by atoms with van der Waals surface area (Å²) in [4.78, 5) is 5.13. The number of aromatic nitrogens is 2. The zero-order valence-corrected chi connectivity index (χ0v) is 39.0. The summed E-state index contributed by atoms with van der Waals surface area (Å²) in [7, 11) is 0. The van der Waals surface area contributed by atoms with E-state index in [1.54, 1.807) is 0 Å². The van der Waals surface area contributed by atoms with Gasteiger partial charge in [0.05, 0.1) is 11.0 Å². The summed E-state index contributed by atoms with van der Waals surface area (Å²) in [6.45, 7) is 0. The molecule has 0 N–H and O–H groups in total. The minimum atomic E-state index is 0.925. The number of nitrogens with zero attached hydrogens (tertiary/aromatic N) is 2. The number of para-hydroxylation sites is 2. The number of imidazole rings is 1. The molecule has 0 aliphatic heterocycles. The van der Waals surface area contributed by atoms with Crippen LogP contribution in [0.4, 0.5) is 0 Å². The molecule has 12 aromatic carbocycles. The molecule has 71 heavy (non-hydrogen) atoms. The molecule has 0 saturated heterocycles. The van der Waals surface area contributed by atoms with E-state index in [1.165, 1.54) is 88.3 Å². The van der Waals surface area contributed by atoms with Gasteiger partial charge >= 0.3 is 0 Å². The molecule has 0 fully saturated rings. The smallest absolute Gasteiger partial charge is 0.145 e. The molecule has 0 unspecified atom stereocenters. The molecule has 0 aliphatic carbocycles. The first-order valence-electron chi connectivity index (χ1n) is 24.3. The lowest BCUT2D eigenvalue weighted by atomic mass is 9.82. The standard InChI is InChI=1S/C69H46N2/c1-6-20-47(21-7-1)54-40-55(48-22-8-2-9-23-48)43-58(42-54)67-61-30-16-17-31-62(61)68(59-44-56(49-24-10-3-11-25-49)41-57(45-59)50-26-12-4-13-27-50)64-46-53(36-39-63(64)67)51-34-37-60(38-35-51)71-66-33-19-18-32-65(66)70-69(71)52-28-14-5-15-29-52/h1-46H. The largest absolute Gasteiger partial charge is 0.292 e. The van der Waals surface area contributed by atoms with E-state index in [9.17, 15) is 0 Å². The molecule has 2 heteroatoms. The van der Waals surface area contributed by atoms with Crippen LogP contribution in [0.3, 0.4) is 0 Å². The highest BCUT2D eigenvalue weighted by molar-refractivity contribution is 6.22. The molecule has 2 nitrogen and oxygen atoms in total. The molecule has 0 radical (unpaired) electrons. The van der Waals surface area contributed by atoms with Crippen LogP contribution in [-0.4, -0.2) is 9.55 Å². The van der Waals surface area contributed by atoms with Crippen LogP contribution in [0.5, 0.6) is 0 Å². The molecule has 1 heterocycles. The molecule has 0 atom stereocenters. The van der Waals surface area contributed by atoms with Gasteiger partial charge in [0.1, 0.15) is 5.82 Å². The van der Waals surface area contributed by atoms with E-state index in [4.69, 9.17) is 4.98 Å². The van der Waals surface area contributed by atoms with Crippen LogP contribution in [0.15, 0.2) is 279 Å². The van der Waals surface area contributed by atoms with E-state index >= 15 is 0 Å². The van der Waals surface area contributed by atoms with Crippen molar-refractivity contribution < 1.29 is 0 Å². The number of hydrogen-bond donors (Lipinski definition) is 0. The van der Waals surface area contributed by atoms with Crippen LogP contribution >= 0.6 is 0 Å². The predicted octanol–water partition coefficient (Wildman–Crippen LogP) is 18.7. The van der Waals surface area contributed by atoms with Gasteiger partial charge in [0, 0.05) is 11.3 Å². The van der Waals surface area contributed by atoms with Crippen LogP contribution in [0.25, 0.3) is 128 Å². The van der Waals surface area contributed by atoms with Crippen molar-refractivity contribution in [2.24, 2.45) is 0 Å². The van der Waals surface area contributed by atoms with Gasteiger partial charge in [-0.25, -0.2) is 4.98 Å². The first kappa shape index (κ1) is 41.8. The van der Waals surface area contributed by atoms with Gasteiger partial charge in [0.25, 0.3) is 0 Å². The monoisotopic (exact) mass is 902 g/mol. The molecular formula is C69H46N2. The fourth-order valence-corrected chi connectivity index (χ4v) is 10.6. The maximum absolute atomic E-state index is 5.13. The van der Waals surface area contributed by atoms with Gasteiger partial charge in [-0.1, -0.05) is 212 Å². The van der Waals surface area contributed by atoms with Gasteiger partial charge < -0.3 is 0 Å². The van der Waals surface area contributed by atoms with E-state index in [0.717, 1.165) is 39.2 Å². The number of fused-ring (bicyclic) bond motifs is 3. The van der Waals surface area contributed by atoms with Crippen molar-refractivity contribution in [3.8, 4) is 95.0 Å². The van der Waals surface area contributed by atoms with E-state index in [0.29, 0.717) is 0 Å². The molecule has 0 bridgehead atoms. The zero-order valence-electron chi connectivity index (χ0n) is 39.0. The molecule has 332 valence electrons. The Morgan fingerprint density at radius 1 is 0.225 bits per heavy atom. The Balaban J connectivity index is 1.07. The number of benzene rings is 12. The lowest BCUT2D eigenvalue weighted by Crippen LogP contribution is -1.97. The highest BCUT2D eigenvalue weighted by Gasteiger charge is 2.21. The van der Waals surface area contributed by atoms with Crippen molar-refractivity contribution in [2.75, 3.05) is 0 Å². The van der Waals surface area contributed by atoms with Crippen molar-refractivity contribution in [3.63, 3.8) is 0 Å². The Labute approximate surface area is 414 Å². The van der Waals surface area contributed by atoms with Crippen molar-refractivity contribution in [3.05, 3.63) is 279 Å². The average Bonchev–Trinajstić information content (AvgIpc) is 3.85. The Hall–Kier alpha value is -9.37. The molecule has 13 rings (SSSR count). The van der Waals surface area contributed by atoms with Gasteiger partial charge in [-0.2, -0.15) is 0 Å². The second kappa shape index (κ2) is 17.9. The third-order valence-electron chi connectivity index (χ3n) is 13.9. The van der Waals surface area contributed by atoms with Crippen LogP contribution in [0, 0.1) is 0 Å². The number of rotatable bonds is 9. The third kappa shape index (κ3) is 7.78. The van der Waals surface area contributed by atoms with Gasteiger partial charge in [-0.15, -0.1) is 0 Å². The Morgan fingerprint density at radius 3 is 1.06 bits per heavy atom. The van der Waals surface area contributed by atoms with E-state index < -0.39 is 0 Å². The SMILES string of the molecule is c1ccc(-c2cc(-c3ccccc3)cc(-c3c4ccccc4c(-c4cc(-c5ccccc5)cc(-c5ccccc5)c4)c4cc(-c5ccc(-n6c(-c7ccccc7)nc7ccccc76)cc5)ccc34)c2)cc1. The van der Waals surface area contributed by atoms with Crippen molar-refractivity contribution >= 4 is 32.6 Å². The first-order chi connectivity index (χ1) is 35.2. The van der Waals surface area contributed by atoms with Crippen LogP contribution in [-0.2, 0) is 0 Å². The Bertz CT molecular complexity index is 3930. The van der Waals surface area contributed by atoms with Crippen molar-refractivity contribution in [1.29, 1.82) is 0 Å². The average molecular weight is 903 g/mol. The molecular weight excluding hydrogens is 857 g/mol. The quantitative estimate of drug-likeness (QED) is 0.132. The van der Waals surface area contributed by atoms with E-state index in [1.807, 2.05) is 0 Å². The van der Waals surface area contributed by atoms with Gasteiger partial charge in [0.2, 0.25) is 0 Å². The lowest BCUT2D eigenvalue weighted by molar-refractivity contribution is 1.10. The molecule has 13 aromatic rings. The minimum absolute atomic E-state index is 0.925. The lowest BCUT2D eigenvalue weighted by Gasteiger charge is -2.21. The van der Waals surface area contributed by atoms with Crippen LogP contribution in [0.1, 0.15) is 0 Å². The summed E-state index contributed by atoms with van der Waals surface area (Å²) in [5.74, 6) is 0.925. The Morgan fingerprint density at radius 2 is 0.577 bits per heavy atom. The fraction of sp³-hybridized carbons (Fsp3) is 0. The second-order valence-electron chi connectivity index (χ2n) is 18.3. The molecule has 1 aromatic heterocycles. The normalized spacial score (nSPS) is 11.4. The molecule has 0 aliphatic rings. The summed E-state index contributed by atoms with van der Waals surface area (Å²) < 4.78 is 2.28. The maximum atomic E-state index is 5.13. The van der Waals surface area contributed by atoms with E-state index in [2.05, 4.69) is 284 Å². The first-order valence-corrected chi connectivity index (χ1v) is 24.3. The molecule has 0 spiro atoms. The summed E-state index contributed by atoms with van der Waals surface area (Å²) in [6, 6.07) is 101. The van der Waals surface area contributed by atoms with Gasteiger partial charge in [-0.3, -0.25) is 4.57 Å². The van der Waals surface area contributed by atoms with E-state index in [-0.39, 0.29) is 0 Å². The minimum Gasteiger partial charge on any atom is -0.292 e.